The molecule has 0 aliphatic rings. The highest BCUT2D eigenvalue weighted by Crippen LogP contribution is 2.17. The molecule has 116 valence electrons. The Bertz CT molecular complexity index is 856. The Labute approximate surface area is 142 Å². The van der Waals surface area contributed by atoms with Gasteiger partial charge in [0, 0.05) is 6.42 Å². The maximum Gasteiger partial charge on any atom is 0.175 e. The number of allylic oxidation sites excluding steroid dienone is 1. The molecule has 0 unspecified atom stereocenters. The van der Waals surface area contributed by atoms with Crippen LogP contribution in [-0.2, 0) is 11.2 Å². The van der Waals surface area contributed by atoms with Crippen molar-refractivity contribution in [3.63, 3.8) is 0 Å². The molecule has 0 saturated carbocycles. The second kappa shape index (κ2) is 7.92. The third-order valence-electron chi connectivity index (χ3n) is 3.73. The highest BCUT2D eigenvalue weighted by molar-refractivity contribution is 6.21. The first-order chi connectivity index (χ1) is 11.8. The summed E-state index contributed by atoms with van der Waals surface area (Å²) in [7, 11) is 0. The lowest BCUT2D eigenvalue weighted by Gasteiger charge is -2.05. The average molecular weight is 310 g/mol. The van der Waals surface area contributed by atoms with E-state index in [1.54, 1.807) is 0 Å². The van der Waals surface area contributed by atoms with Gasteiger partial charge in [0.2, 0.25) is 0 Å². The number of ketones is 1. The molecule has 0 aromatic heterocycles. The van der Waals surface area contributed by atoms with Gasteiger partial charge in [0.25, 0.3) is 0 Å². The summed E-state index contributed by atoms with van der Waals surface area (Å²) >= 11 is 0. The monoisotopic (exact) mass is 310 g/mol. The lowest BCUT2D eigenvalue weighted by molar-refractivity contribution is -0.113. The Kier molecular flexibility index (Phi) is 5.19. The van der Waals surface area contributed by atoms with Crippen LogP contribution in [0.15, 0.2) is 96.7 Å². The molecule has 3 aromatic carbocycles. The van der Waals surface area contributed by atoms with E-state index in [4.69, 9.17) is 0 Å². The minimum absolute atomic E-state index is 0.0691. The summed E-state index contributed by atoms with van der Waals surface area (Å²) in [6.45, 7) is 0. The summed E-state index contributed by atoms with van der Waals surface area (Å²) in [5.74, 6) is 0.0691. The molecule has 3 aromatic rings. The first kappa shape index (κ1) is 15.7. The van der Waals surface area contributed by atoms with Crippen LogP contribution >= 0.6 is 0 Å². The van der Waals surface area contributed by atoms with Crippen LogP contribution in [0.4, 0.5) is 0 Å². The zero-order valence-electron chi connectivity index (χ0n) is 13.4. The second-order valence-corrected chi connectivity index (χ2v) is 5.53. The van der Waals surface area contributed by atoms with E-state index < -0.39 is 0 Å². The highest BCUT2D eigenvalue weighted by Gasteiger charge is 2.12. The van der Waals surface area contributed by atoms with Crippen LogP contribution in [0.3, 0.4) is 0 Å². The molecule has 0 fully saturated rings. The largest absolute Gasteiger partial charge is 0.293 e. The van der Waals surface area contributed by atoms with Gasteiger partial charge >= 0.3 is 0 Å². The standard InChI is InChI=1S/C23H18O/c24-23(18-20-12-6-2-7-13-20)22(21-14-8-3-9-15-21)17-16-19-10-4-1-5-11-19/h1-16H,18H2. The first-order valence-electron chi connectivity index (χ1n) is 7.97. The van der Waals surface area contributed by atoms with E-state index in [1.807, 2.05) is 97.1 Å². The molecule has 0 saturated heterocycles. The molecule has 0 spiro atoms. The number of rotatable bonds is 5. The molecule has 24 heavy (non-hydrogen) atoms. The quantitative estimate of drug-likeness (QED) is 0.468. The van der Waals surface area contributed by atoms with Crippen molar-refractivity contribution >= 4 is 17.4 Å². The SMILES string of the molecule is O=C(Cc1ccccc1)C(=C=Cc1ccccc1)c1ccccc1. The van der Waals surface area contributed by atoms with E-state index >= 15 is 0 Å². The molecule has 1 heteroatoms. The van der Waals surface area contributed by atoms with E-state index in [0.717, 1.165) is 16.7 Å². The number of carbonyl (C=O) groups excluding carboxylic acids is 1. The molecule has 3 rings (SSSR count). The number of Topliss-reactive ketones (excluding diaryl/α,β-unsaturated/α-hetero) is 1. The second-order valence-electron chi connectivity index (χ2n) is 5.53. The predicted octanol–water partition coefficient (Wildman–Crippen LogP) is 5.19. The van der Waals surface area contributed by atoms with Crippen molar-refractivity contribution in [2.45, 2.75) is 6.42 Å². The zero-order valence-corrected chi connectivity index (χ0v) is 13.4. The van der Waals surface area contributed by atoms with E-state index in [9.17, 15) is 4.79 Å². The number of hydrogen-bond donors (Lipinski definition) is 0. The summed E-state index contributed by atoms with van der Waals surface area (Å²) in [5, 5.41) is 0. The summed E-state index contributed by atoms with van der Waals surface area (Å²) in [6, 6.07) is 29.4. The Morgan fingerprint density at radius 2 is 1.29 bits per heavy atom. The fraction of sp³-hybridized carbons (Fsp3) is 0.0435. The van der Waals surface area contributed by atoms with Gasteiger partial charge in [0.15, 0.2) is 5.78 Å². The molecule has 1 nitrogen and oxygen atoms in total. The predicted molar refractivity (Wildman–Crippen MR) is 99.4 cm³/mol. The van der Waals surface area contributed by atoms with Gasteiger partial charge in [-0.25, -0.2) is 0 Å². The van der Waals surface area contributed by atoms with Gasteiger partial charge in [-0.3, -0.25) is 4.79 Å². The Hall–Kier alpha value is -3.15. The van der Waals surface area contributed by atoms with Crippen molar-refractivity contribution in [3.8, 4) is 0 Å². The average Bonchev–Trinajstić information content (AvgIpc) is 2.64. The minimum atomic E-state index is 0.0691. The molecule has 0 aliphatic carbocycles. The van der Waals surface area contributed by atoms with Crippen molar-refractivity contribution < 1.29 is 4.79 Å². The Morgan fingerprint density at radius 1 is 0.750 bits per heavy atom. The van der Waals surface area contributed by atoms with Crippen molar-refractivity contribution in [2.75, 3.05) is 0 Å². The summed E-state index contributed by atoms with van der Waals surface area (Å²) in [6.07, 6.45) is 2.24. The minimum Gasteiger partial charge on any atom is -0.293 e. The number of benzene rings is 3. The van der Waals surface area contributed by atoms with Crippen LogP contribution in [0.1, 0.15) is 16.7 Å². The summed E-state index contributed by atoms with van der Waals surface area (Å²) in [4.78, 5) is 12.8. The lowest BCUT2D eigenvalue weighted by atomic mass is 9.97. The number of carbonyl (C=O) groups is 1. The van der Waals surface area contributed by atoms with E-state index in [1.165, 1.54) is 0 Å². The molecule has 0 N–H and O–H groups in total. The van der Waals surface area contributed by atoms with Crippen LogP contribution in [0.25, 0.3) is 11.6 Å². The van der Waals surface area contributed by atoms with Crippen LogP contribution in [0.2, 0.25) is 0 Å². The lowest BCUT2D eigenvalue weighted by Crippen LogP contribution is -2.05. The van der Waals surface area contributed by atoms with Crippen molar-refractivity contribution in [1.82, 2.24) is 0 Å². The summed E-state index contributed by atoms with van der Waals surface area (Å²) in [5.41, 5.74) is 6.76. The van der Waals surface area contributed by atoms with Gasteiger partial charge in [-0.2, -0.15) is 0 Å². The molecule has 0 radical (unpaired) electrons. The highest BCUT2D eigenvalue weighted by atomic mass is 16.1. The molecular formula is C23H18O. The van der Waals surface area contributed by atoms with Gasteiger partial charge in [-0.15, -0.1) is 5.73 Å². The maximum atomic E-state index is 12.8. The van der Waals surface area contributed by atoms with E-state index in [2.05, 4.69) is 5.73 Å². The fourth-order valence-electron chi connectivity index (χ4n) is 2.50. The Balaban J connectivity index is 1.96. The Morgan fingerprint density at radius 3 is 1.92 bits per heavy atom. The van der Waals surface area contributed by atoms with Gasteiger partial charge in [-0.05, 0) is 22.8 Å². The van der Waals surface area contributed by atoms with Crippen molar-refractivity contribution in [1.29, 1.82) is 0 Å². The van der Waals surface area contributed by atoms with Gasteiger partial charge < -0.3 is 0 Å². The van der Waals surface area contributed by atoms with Crippen LogP contribution in [0, 0.1) is 0 Å². The van der Waals surface area contributed by atoms with Crippen LogP contribution in [0.5, 0.6) is 0 Å². The maximum absolute atomic E-state index is 12.8. The first-order valence-corrected chi connectivity index (χ1v) is 7.97. The smallest absolute Gasteiger partial charge is 0.175 e. The van der Waals surface area contributed by atoms with Gasteiger partial charge in [0.05, 0.1) is 5.57 Å². The van der Waals surface area contributed by atoms with Crippen molar-refractivity contribution in [2.24, 2.45) is 0 Å². The zero-order chi connectivity index (χ0) is 16.6. The topological polar surface area (TPSA) is 17.1 Å². The molecule has 0 atom stereocenters. The van der Waals surface area contributed by atoms with Crippen LogP contribution < -0.4 is 0 Å². The summed E-state index contributed by atoms with van der Waals surface area (Å²) < 4.78 is 0. The fourth-order valence-corrected chi connectivity index (χ4v) is 2.50. The molecule has 0 aliphatic heterocycles. The van der Waals surface area contributed by atoms with Gasteiger partial charge in [-0.1, -0.05) is 91.0 Å². The molecule has 0 bridgehead atoms. The molecular weight excluding hydrogens is 292 g/mol. The third kappa shape index (κ3) is 4.19. The molecule has 0 heterocycles. The van der Waals surface area contributed by atoms with Gasteiger partial charge in [0.1, 0.15) is 0 Å². The van der Waals surface area contributed by atoms with Crippen molar-refractivity contribution in [3.05, 3.63) is 113 Å². The normalized spacial score (nSPS) is 9.83. The third-order valence-corrected chi connectivity index (χ3v) is 3.73. The van der Waals surface area contributed by atoms with E-state index in [-0.39, 0.29) is 5.78 Å². The number of hydrogen-bond acceptors (Lipinski definition) is 1. The van der Waals surface area contributed by atoms with Crippen LogP contribution in [-0.4, -0.2) is 5.78 Å². The van der Waals surface area contributed by atoms with E-state index in [0.29, 0.717) is 12.0 Å². The molecule has 0 amide bonds.